The summed E-state index contributed by atoms with van der Waals surface area (Å²) >= 11 is 0. The molecule has 0 saturated carbocycles. The second-order valence-corrected chi connectivity index (χ2v) is 3.77. The van der Waals surface area contributed by atoms with Crippen LogP contribution in [0.3, 0.4) is 0 Å². The van der Waals surface area contributed by atoms with Crippen LogP contribution in [0.15, 0.2) is 54.6 Å². The Kier molecular flexibility index (Phi) is 3.34. The van der Waals surface area contributed by atoms with Gasteiger partial charge in [-0.05, 0) is 23.6 Å². The van der Waals surface area contributed by atoms with Gasteiger partial charge in [0.25, 0.3) is 0 Å². The third-order valence-electron chi connectivity index (χ3n) is 2.69. The molecule has 2 aromatic carbocycles. The summed E-state index contributed by atoms with van der Waals surface area (Å²) in [4.78, 5) is 4.78. The lowest BCUT2D eigenvalue weighted by atomic mass is 10.0. The molecule has 0 amide bonds. The predicted molar refractivity (Wildman–Crippen MR) is 65.6 cm³/mol. The minimum absolute atomic E-state index is 0.0650. The Bertz CT molecular complexity index is 436. The van der Waals surface area contributed by atoms with Gasteiger partial charge in [0.15, 0.2) is 0 Å². The maximum absolute atomic E-state index is 5.15. The van der Waals surface area contributed by atoms with Crippen LogP contribution in [0.4, 0.5) is 0 Å². The van der Waals surface area contributed by atoms with Gasteiger partial charge in [0.05, 0.1) is 0 Å². The Balaban J connectivity index is 2.26. The zero-order valence-corrected chi connectivity index (χ0v) is 9.26. The molecule has 0 radical (unpaired) electrons. The molecule has 16 heavy (non-hydrogen) atoms. The van der Waals surface area contributed by atoms with E-state index in [-0.39, 0.29) is 6.10 Å². The molecule has 0 bridgehead atoms. The van der Waals surface area contributed by atoms with Gasteiger partial charge in [-0.3, -0.25) is 4.84 Å². The lowest BCUT2D eigenvalue weighted by Crippen LogP contribution is -2.04. The van der Waals surface area contributed by atoms with Crippen molar-refractivity contribution in [1.82, 2.24) is 0 Å². The number of rotatable bonds is 3. The topological polar surface area (TPSA) is 35.2 Å². The molecule has 2 rings (SSSR count). The van der Waals surface area contributed by atoms with Gasteiger partial charge >= 0.3 is 0 Å². The molecule has 0 fully saturated rings. The predicted octanol–water partition coefficient (Wildman–Crippen LogP) is 3.30. The summed E-state index contributed by atoms with van der Waals surface area (Å²) < 4.78 is 0. The molecule has 0 saturated heterocycles. The molecule has 2 N–H and O–H groups in total. The molecule has 2 aromatic rings. The van der Waals surface area contributed by atoms with E-state index in [0.29, 0.717) is 0 Å². The maximum atomic E-state index is 5.15. The molecule has 0 spiro atoms. The van der Waals surface area contributed by atoms with E-state index in [1.165, 1.54) is 11.1 Å². The fraction of sp³-hybridized carbons (Fsp3) is 0.143. The van der Waals surface area contributed by atoms with Crippen LogP contribution in [0.5, 0.6) is 0 Å². The molecular weight excluding hydrogens is 198 g/mol. The number of benzene rings is 2. The van der Waals surface area contributed by atoms with Crippen molar-refractivity contribution in [1.29, 1.82) is 0 Å². The summed E-state index contributed by atoms with van der Waals surface area (Å²) in [5, 5.41) is 0. The van der Waals surface area contributed by atoms with Crippen molar-refractivity contribution < 1.29 is 4.84 Å². The molecule has 1 atom stereocenters. The third-order valence-corrected chi connectivity index (χ3v) is 2.69. The lowest BCUT2D eigenvalue weighted by molar-refractivity contribution is 0.0664. The van der Waals surface area contributed by atoms with Gasteiger partial charge in [-0.2, -0.15) is 0 Å². The van der Waals surface area contributed by atoms with Crippen molar-refractivity contribution in [3.63, 3.8) is 0 Å². The molecule has 0 aliphatic heterocycles. The van der Waals surface area contributed by atoms with Gasteiger partial charge in [0.2, 0.25) is 0 Å². The molecule has 0 aliphatic rings. The summed E-state index contributed by atoms with van der Waals surface area (Å²) in [6, 6.07) is 18.5. The first-order valence-electron chi connectivity index (χ1n) is 5.32. The van der Waals surface area contributed by atoms with Crippen LogP contribution in [0, 0.1) is 0 Å². The van der Waals surface area contributed by atoms with Gasteiger partial charge in [0.1, 0.15) is 6.10 Å². The quantitative estimate of drug-likeness (QED) is 0.794. The highest BCUT2D eigenvalue weighted by atomic mass is 16.6. The van der Waals surface area contributed by atoms with Crippen molar-refractivity contribution in [3.05, 3.63) is 60.2 Å². The Labute approximate surface area is 95.6 Å². The van der Waals surface area contributed by atoms with Crippen LogP contribution in [0.25, 0.3) is 11.1 Å². The van der Waals surface area contributed by atoms with Crippen molar-refractivity contribution in [2.45, 2.75) is 13.0 Å². The zero-order chi connectivity index (χ0) is 11.4. The maximum Gasteiger partial charge on any atom is 0.101 e. The first-order chi connectivity index (χ1) is 7.81. The van der Waals surface area contributed by atoms with E-state index < -0.39 is 0 Å². The average molecular weight is 213 g/mol. The molecule has 2 heteroatoms. The molecule has 0 aliphatic carbocycles. The molecule has 2 nitrogen and oxygen atoms in total. The lowest BCUT2D eigenvalue weighted by Gasteiger charge is -2.09. The number of hydrogen-bond donors (Lipinski definition) is 1. The fourth-order valence-electron chi connectivity index (χ4n) is 1.66. The second-order valence-electron chi connectivity index (χ2n) is 3.77. The summed E-state index contributed by atoms with van der Waals surface area (Å²) in [6.07, 6.45) is -0.0650. The molecule has 82 valence electrons. The van der Waals surface area contributed by atoms with E-state index >= 15 is 0 Å². The fourth-order valence-corrected chi connectivity index (χ4v) is 1.66. The van der Waals surface area contributed by atoms with Gasteiger partial charge in [-0.1, -0.05) is 54.6 Å². The first-order valence-corrected chi connectivity index (χ1v) is 5.32. The van der Waals surface area contributed by atoms with Gasteiger partial charge in [0, 0.05) is 0 Å². The summed E-state index contributed by atoms with van der Waals surface area (Å²) in [6.45, 7) is 1.93. The largest absolute Gasteiger partial charge is 0.297 e. The normalized spacial score (nSPS) is 12.4. The Morgan fingerprint density at radius 2 is 1.44 bits per heavy atom. The van der Waals surface area contributed by atoms with Gasteiger partial charge in [-0.15, -0.1) is 0 Å². The highest BCUT2D eigenvalue weighted by Crippen LogP contribution is 2.22. The van der Waals surface area contributed by atoms with Crippen LogP contribution in [0.2, 0.25) is 0 Å². The Morgan fingerprint density at radius 3 is 2.00 bits per heavy atom. The summed E-state index contributed by atoms with van der Waals surface area (Å²) in [5.74, 6) is 5.15. The van der Waals surface area contributed by atoms with Crippen molar-refractivity contribution in [3.8, 4) is 11.1 Å². The summed E-state index contributed by atoms with van der Waals surface area (Å²) in [5.41, 5.74) is 3.51. The van der Waals surface area contributed by atoms with Gasteiger partial charge < -0.3 is 0 Å². The number of hydrogen-bond acceptors (Lipinski definition) is 2. The minimum Gasteiger partial charge on any atom is -0.297 e. The SMILES string of the molecule is CC(ON)c1ccc(-c2ccccc2)cc1. The zero-order valence-electron chi connectivity index (χ0n) is 9.26. The van der Waals surface area contributed by atoms with Crippen molar-refractivity contribution in [2.24, 2.45) is 5.90 Å². The van der Waals surface area contributed by atoms with E-state index in [0.717, 1.165) is 5.56 Å². The van der Waals surface area contributed by atoms with Crippen LogP contribution in [-0.4, -0.2) is 0 Å². The monoisotopic (exact) mass is 213 g/mol. The van der Waals surface area contributed by atoms with Crippen molar-refractivity contribution in [2.75, 3.05) is 0 Å². The van der Waals surface area contributed by atoms with E-state index in [4.69, 9.17) is 10.7 Å². The van der Waals surface area contributed by atoms with Gasteiger partial charge in [-0.25, -0.2) is 5.90 Å². The Morgan fingerprint density at radius 1 is 0.875 bits per heavy atom. The molecule has 0 heterocycles. The smallest absolute Gasteiger partial charge is 0.101 e. The molecule has 1 unspecified atom stereocenters. The van der Waals surface area contributed by atoms with E-state index in [1.807, 2.05) is 37.3 Å². The van der Waals surface area contributed by atoms with Crippen molar-refractivity contribution >= 4 is 0 Å². The van der Waals surface area contributed by atoms with E-state index in [9.17, 15) is 0 Å². The summed E-state index contributed by atoms with van der Waals surface area (Å²) in [7, 11) is 0. The second kappa shape index (κ2) is 4.92. The van der Waals surface area contributed by atoms with Crippen LogP contribution >= 0.6 is 0 Å². The Hall–Kier alpha value is -1.64. The van der Waals surface area contributed by atoms with E-state index in [1.54, 1.807) is 0 Å². The minimum atomic E-state index is -0.0650. The third kappa shape index (κ3) is 2.30. The average Bonchev–Trinajstić information content (AvgIpc) is 2.39. The van der Waals surface area contributed by atoms with Crippen LogP contribution < -0.4 is 5.90 Å². The van der Waals surface area contributed by atoms with E-state index in [2.05, 4.69) is 24.3 Å². The van der Waals surface area contributed by atoms with Crippen LogP contribution in [-0.2, 0) is 4.84 Å². The highest BCUT2D eigenvalue weighted by molar-refractivity contribution is 5.63. The standard InChI is InChI=1S/C14H15NO/c1-11(16-15)12-7-9-14(10-8-12)13-5-3-2-4-6-13/h2-11H,15H2,1H3. The highest BCUT2D eigenvalue weighted by Gasteiger charge is 2.04. The number of nitrogens with two attached hydrogens (primary N) is 1. The molecular formula is C14H15NO. The van der Waals surface area contributed by atoms with Crippen LogP contribution in [0.1, 0.15) is 18.6 Å². The first kappa shape index (κ1) is 10.9. The molecule has 0 aromatic heterocycles.